The summed E-state index contributed by atoms with van der Waals surface area (Å²) in [5, 5.41) is 0. The van der Waals surface area contributed by atoms with Crippen molar-refractivity contribution in [2.45, 2.75) is 19.1 Å². The average Bonchev–Trinajstić information content (AvgIpc) is 3.09. The molecule has 0 bridgehead atoms. The van der Waals surface area contributed by atoms with E-state index in [1.54, 1.807) is 30.3 Å². The number of aromatic nitrogens is 1. The number of hydrogen-bond donors (Lipinski definition) is 0. The maximum Gasteiger partial charge on any atom is 0.255 e. The van der Waals surface area contributed by atoms with Crippen LogP contribution >= 0.6 is 11.8 Å². The standard InChI is InChI=1S/C18H20N2O2S/c1-20(12-14-5-3-2-4-6-14)18(21)15-7-8-17(19-11-15)22-16-9-10-23-13-16/h2-8,11,16H,9-10,12-13H2,1H3. The molecule has 1 aromatic carbocycles. The lowest BCUT2D eigenvalue weighted by molar-refractivity contribution is 0.0784. The highest BCUT2D eigenvalue weighted by Crippen LogP contribution is 2.22. The Morgan fingerprint density at radius 1 is 1.30 bits per heavy atom. The Kier molecular flexibility index (Phi) is 5.18. The first-order valence-corrected chi connectivity index (χ1v) is 8.87. The zero-order chi connectivity index (χ0) is 16.1. The maximum atomic E-state index is 12.4. The van der Waals surface area contributed by atoms with Crippen LogP contribution in [0, 0.1) is 0 Å². The first-order valence-electron chi connectivity index (χ1n) is 7.72. The van der Waals surface area contributed by atoms with Gasteiger partial charge in [0.1, 0.15) is 6.10 Å². The van der Waals surface area contributed by atoms with Crippen molar-refractivity contribution in [2.75, 3.05) is 18.6 Å². The summed E-state index contributed by atoms with van der Waals surface area (Å²) in [6, 6.07) is 13.5. The van der Waals surface area contributed by atoms with Gasteiger partial charge in [0.2, 0.25) is 5.88 Å². The van der Waals surface area contributed by atoms with Crippen molar-refractivity contribution >= 4 is 17.7 Å². The number of nitrogens with zero attached hydrogens (tertiary/aromatic N) is 2. The van der Waals surface area contributed by atoms with Gasteiger partial charge in [-0.05, 0) is 23.8 Å². The van der Waals surface area contributed by atoms with Gasteiger partial charge in [0.25, 0.3) is 5.91 Å². The Hall–Kier alpha value is -2.01. The number of benzene rings is 1. The number of thioether (sulfide) groups is 1. The molecule has 1 atom stereocenters. The molecule has 1 aromatic heterocycles. The molecule has 2 aromatic rings. The summed E-state index contributed by atoms with van der Waals surface area (Å²) in [5.41, 5.74) is 1.69. The summed E-state index contributed by atoms with van der Waals surface area (Å²) in [6.45, 7) is 0.581. The summed E-state index contributed by atoms with van der Waals surface area (Å²) in [7, 11) is 1.80. The third kappa shape index (κ3) is 4.26. The predicted molar refractivity (Wildman–Crippen MR) is 92.8 cm³/mol. The van der Waals surface area contributed by atoms with Crippen LogP contribution in [0.5, 0.6) is 5.88 Å². The number of ether oxygens (including phenoxy) is 1. The lowest BCUT2D eigenvalue weighted by Gasteiger charge is -2.17. The second kappa shape index (κ2) is 7.51. The first kappa shape index (κ1) is 15.9. The van der Waals surface area contributed by atoms with Crippen LogP contribution in [0.25, 0.3) is 0 Å². The van der Waals surface area contributed by atoms with E-state index in [1.165, 1.54) is 0 Å². The molecule has 0 radical (unpaired) electrons. The Balaban J connectivity index is 1.60. The smallest absolute Gasteiger partial charge is 0.255 e. The number of hydrogen-bond acceptors (Lipinski definition) is 4. The lowest BCUT2D eigenvalue weighted by Crippen LogP contribution is -2.26. The minimum atomic E-state index is -0.0377. The van der Waals surface area contributed by atoms with Crippen molar-refractivity contribution in [1.82, 2.24) is 9.88 Å². The van der Waals surface area contributed by atoms with E-state index in [1.807, 2.05) is 42.1 Å². The van der Waals surface area contributed by atoms with Crippen LogP contribution in [0.1, 0.15) is 22.3 Å². The fourth-order valence-electron chi connectivity index (χ4n) is 2.50. The average molecular weight is 328 g/mol. The Labute approximate surface area is 140 Å². The van der Waals surface area contributed by atoms with E-state index in [0.29, 0.717) is 18.0 Å². The quantitative estimate of drug-likeness (QED) is 0.845. The first-order chi connectivity index (χ1) is 11.2. The van der Waals surface area contributed by atoms with Crippen LogP contribution in [0.15, 0.2) is 48.7 Å². The molecule has 120 valence electrons. The largest absolute Gasteiger partial charge is 0.473 e. The van der Waals surface area contributed by atoms with Crippen LogP contribution in [0.2, 0.25) is 0 Å². The van der Waals surface area contributed by atoms with Crippen LogP contribution in [-0.4, -0.2) is 40.4 Å². The van der Waals surface area contributed by atoms with Crippen molar-refractivity contribution in [3.05, 3.63) is 59.8 Å². The van der Waals surface area contributed by atoms with Crippen LogP contribution in [0.4, 0.5) is 0 Å². The highest BCUT2D eigenvalue weighted by molar-refractivity contribution is 7.99. The van der Waals surface area contributed by atoms with Gasteiger partial charge in [-0.25, -0.2) is 4.98 Å². The SMILES string of the molecule is CN(Cc1ccccc1)C(=O)c1ccc(OC2CCSC2)nc1. The highest BCUT2D eigenvalue weighted by Gasteiger charge is 2.18. The van der Waals surface area contributed by atoms with Crippen molar-refractivity contribution in [1.29, 1.82) is 0 Å². The summed E-state index contributed by atoms with van der Waals surface area (Å²) >= 11 is 1.90. The predicted octanol–water partition coefficient (Wildman–Crippen LogP) is 3.24. The molecule has 2 heterocycles. The van der Waals surface area contributed by atoms with E-state index < -0.39 is 0 Å². The lowest BCUT2D eigenvalue weighted by atomic mass is 10.2. The highest BCUT2D eigenvalue weighted by atomic mass is 32.2. The van der Waals surface area contributed by atoms with E-state index in [0.717, 1.165) is 23.5 Å². The molecule has 1 aliphatic heterocycles. The van der Waals surface area contributed by atoms with Gasteiger partial charge in [-0.2, -0.15) is 11.8 Å². The maximum absolute atomic E-state index is 12.4. The third-order valence-electron chi connectivity index (χ3n) is 3.77. The van der Waals surface area contributed by atoms with E-state index in [4.69, 9.17) is 4.74 Å². The third-order valence-corrected chi connectivity index (χ3v) is 4.90. The Morgan fingerprint density at radius 2 is 2.13 bits per heavy atom. The van der Waals surface area contributed by atoms with Gasteiger partial charge >= 0.3 is 0 Å². The van der Waals surface area contributed by atoms with E-state index >= 15 is 0 Å². The molecular formula is C18H20N2O2S. The molecule has 1 saturated heterocycles. The Morgan fingerprint density at radius 3 is 2.78 bits per heavy atom. The minimum absolute atomic E-state index is 0.0377. The van der Waals surface area contributed by atoms with Crippen molar-refractivity contribution in [2.24, 2.45) is 0 Å². The fraction of sp³-hybridized carbons (Fsp3) is 0.333. The molecule has 23 heavy (non-hydrogen) atoms. The van der Waals surface area contributed by atoms with Gasteiger partial charge in [0.15, 0.2) is 0 Å². The molecule has 1 amide bonds. The number of amides is 1. The number of rotatable bonds is 5. The molecule has 0 saturated carbocycles. The van der Waals surface area contributed by atoms with Crippen LogP contribution < -0.4 is 4.74 Å². The molecule has 1 aliphatic rings. The summed E-state index contributed by atoms with van der Waals surface area (Å²) < 4.78 is 5.81. The zero-order valence-electron chi connectivity index (χ0n) is 13.1. The summed E-state index contributed by atoms with van der Waals surface area (Å²) in [6.07, 6.45) is 2.91. The van der Waals surface area contributed by atoms with Crippen LogP contribution in [0.3, 0.4) is 0 Å². The van der Waals surface area contributed by atoms with Gasteiger partial charge in [-0.1, -0.05) is 30.3 Å². The monoisotopic (exact) mass is 328 g/mol. The van der Waals surface area contributed by atoms with Gasteiger partial charge in [0.05, 0.1) is 5.56 Å². The molecule has 4 nitrogen and oxygen atoms in total. The molecule has 1 fully saturated rings. The van der Waals surface area contributed by atoms with Crippen molar-refractivity contribution in [3.8, 4) is 5.88 Å². The zero-order valence-corrected chi connectivity index (χ0v) is 14.0. The second-order valence-corrected chi connectivity index (χ2v) is 6.79. The molecular weight excluding hydrogens is 308 g/mol. The van der Waals surface area contributed by atoms with Gasteiger partial charge < -0.3 is 9.64 Å². The van der Waals surface area contributed by atoms with E-state index in [9.17, 15) is 4.79 Å². The molecule has 5 heteroatoms. The second-order valence-electron chi connectivity index (χ2n) is 5.64. The van der Waals surface area contributed by atoms with Crippen LogP contribution in [-0.2, 0) is 6.54 Å². The van der Waals surface area contributed by atoms with Crippen molar-refractivity contribution < 1.29 is 9.53 Å². The molecule has 1 unspecified atom stereocenters. The van der Waals surface area contributed by atoms with Gasteiger partial charge in [-0.3, -0.25) is 4.79 Å². The minimum Gasteiger partial charge on any atom is -0.473 e. The van der Waals surface area contributed by atoms with E-state index in [-0.39, 0.29) is 12.0 Å². The summed E-state index contributed by atoms with van der Waals surface area (Å²) in [4.78, 5) is 18.4. The normalized spacial score (nSPS) is 17.0. The van der Waals surface area contributed by atoms with Gasteiger partial charge in [0, 0.05) is 31.6 Å². The number of carbonyl (C=O) groups is 1. The fourth-order valence-corrected chi connectivity index (χ4v) is 3.60. The van der Waals surface area contributed by atoms with E-state index in [2.05, 4.69) is 4.98 Å². The molecule has 0 aliphatic carbocycles. The van der Waals surface area contributed by atoms with Gasteiger partial charge in [-0.15, -0.1) is 0 Å². The Bertz CT molecular complexity index is 640. The topological polar surface area (TPSA) is 42.4 Å². The number of carbonyl (C=O) groups excluding carboxylic acids is 1. The molecule has 3 rings (SSSR count). The number of pyridine rings is 1. The van der Waals surface area contributed by atoms with Crippen molar-refractivity contribution in [3.63, 3.8) is 0 Å². The molecule has 0 N–H and O–H groups in total. The molecule has 0 spiro atoms. The summed E-state index contributed by atoms with van der Waals surface area (Å²) in [5.74, 6) is 2.72.